The molecule has 0 aliphatic heterocycles. The second kappa shape index (κ2) is 7.46. The molecule has 1 aromatic heterocycles. The first-order valence-electron chi connectivity index (χ1n) is 7.25. The maximum atomic E-state index is 6.07. The summed E-state index contributed by atoms with van der Waals surface area (Å²) >= 11 is 6.07. The van der Waals surface area contributed by atoms with Crippen molar-refractivity contribution in [3.05, 3.63) is 35.5 Å². The second-order valence-electron chi connectivity index (χ2n) is 4.83. The summed E-state index contributed by atoms with van der Waals surface area (Å²) in [6.45, 7) is 8.73. The Hall–Kier alpha value is -1.32. The van der Waals surface area contributed by atoms with E-state index in [1.54, 1.807) is 0 Å². The lowest BCUT2D eigenvalue weighted by atomic mass is 10.2. The average Bonchev–Trinajstić information content (AvgIpc) is 2.47. The number of pyridine rings is 1. The first kappa shape index (κ1) is 15.1. The zero-order valence-electron chi connectivity index (χ0n) is 12.2. The Bertz CT molecular complexity index is 552. The molecule has 0 aliphatic rings. The normalized spacial score (nSPS) is 11.2. The predicted molar refractivity (Wildman–Crippen MR) is 87.6 cm³/mol. The van der Waals surface area contributed by atoms with Crippen molar-refractivity contribution < 1.29 is 0 Å². The van der Waals surface area contributed by atoms with Crippen LogP contribution in [0.25, 0.3) is 10.9 Å². The number of rotatable bonds is 7. The van der Waals surface area contributed by atoms with Gasteiger partial charge in [-0.05, 0) is 50.3 Å². The summed E-state index contributed by atoms with van der Waals surface area (Å²) in [5.74, 6) is 0. The van der Waals surface area contributed by atoms with Crippen LogP contribution in [-0.2, 0) is 0 Å². The van der Waals surface area contributed by atoms with Gasteiger partial charge in [-0.1, -0.05) is 25.4 Å². The Kier molecular flexibility index (Phi) is 5.62. The molecule has 0 saturated carbocycles. The molecular formula is C16H22ClN3. The fourth-order valence-corrected chi connectivity index (χ4v) is 2.51. The fourth-order valence-electron chi connectivity index (χ4n) is 2.34. The number of fused-ring (bicyclic) bond motifs is 1. The molecule has 3 nitrogen and oxygen atoms in total. The first-order chi connectivity index (χ1) is 9.74. The number of benzene rings is 1. The minimum Gasteiger partial charge on any atom is -0.384 e. The largest absolute Gasteiger partial charge is 0.384 e. The van der Waals surface area contributed by atoms with E-state index in [9.17, 15) is 0 Å². The van der Waals surface area contributed by atoms with Gasteiger partial charge in [0.15, 0.2) is 0 Å². The van der Waals surface area contributed by atoms with Crippen LogP contribution in [-0.4, -0.2) is 36.1 Å². The molecule has 0 bridgehead atoms. The quantitative estimate of drug-likeness (QED) is 0.781. The van der Waals surface area contributed by atoms with Gasteiger partial charge in [-0.25, -0.2) is 0 Å². The minimum absolute atomic E-state index is 0.747. The molecule has 1 N–H and O–H groups in total. The number of anilines is 1. The lowest BCUT2D eigenvalue weighted by Crippen LogP contribution is -2.25. The molecule has 0 saturated heterocycles. The molecule has 2 rings (SSSR count). The molecular weight excluding hydrogens is 270 g/mol. The van der Waals surface area contributed by atoms with Crippen molar-refractivity contribution >= 4 is 28.2 Å². The van der Waals surface area contributed by atoms with Crippen LogP contribution in [0.5, 0.6) is 0 Å². The molecule has 20 heavy (non-hydrogen) atoms. The Morgan fingerprint density at radius 2 is 2.00 bits per heavy atom. The van der Waals surface area contributed by atoms with E-state index >= 15 is 0 Å². The third-order valence-electron chi connectivity index (χ3n) is 3.56. The van der Waals surface area contributed by atoms with Gasteiger partial charge >= 0.3 is 0 Å². The second-order valence-corrected chi connectivity index (χ2v) is 5.26. The molecule has 0 spiro atoms. The average molecular weight is 292 g/mol. The van der Waals surface area contributed by atoms with Gasteiger partial charge in [0.25, 0.3) is 0 Å². The molecule has 0 fully saturated rings. The summed E-state index contributed by atoms with van der Waals surface area (Å²) in [6, 6.07) is 7.81. The summed E-state index contributed by atoms with van der Waals surface area (Å²) in [4.78, 5) is 6.79. The fraction of sp³-hybridized carbons (Fsp3) is 0.438. The lowest BCUT2D eigenvalue weighted by molar-refractivity contribution is 0.303. The highest BCUT2D eigenvalue weighted by atomic mass is 35.5. The molecule has 0 amide bonds. The van der Waals surface area contributed by atoms with Crippen molar-refractivity contribution in [1.82, 2.24) is 9.88 Å². The topological polar surface area (TPSA) is 28.2 Å². The van der Waals surface area contributed by atoms with Crippen LogP contribution >= 0.6 is 11.6 Å². The van der Waals surface area contributed by atoms with Crippen molar-refractivity contribution in [2.45, 2.75) is 20.3 Å². The maximum Gasteiger partial charge on any atom is 0.0723 e. The number of nitrogens with one attached hydrogen (secondary N) is 1. The van der Waals surface area contributed by atoms with Gasteiger partial charge < -0.3 is 10.2 Å². The highest BCUT2D eigenvalue weighted by Gasteiger charge is 2.03. The van der Waals surface area contributed by atoms with E-state index in [-0.39, 0.29) is 0 Å². The van der Waals surface area contributed by atoms with Crippen LogP contribution < -0.4 is 5.32 Å². The Labute approximate surface area is 126 Å². The maximum absolute atomic E-state index is 6.07. The standard InChI is InChI=1S/C16H22ClN3/c1-3-20(4-2)11-5-9-18-16-8-10-19-15-7-6-13(17)12-14(15)16/h6-8,10,12H,3-5,9,11H2,1-2H3,(H,18,19). The van der Waals surface area contributed by atoms with Crippen molar-refractivity contribution in [2.24, 2.45) is 0 Å². The Morgan fingerprint density at radius 1 is 1.20 bits per heavy atom. The van der Waals surface area contributed by atoms with Gasteiger partial charge in [-0.2, -0.15) is 0 Å². The van der Waals surface area contributed by atoms with E-state index in [2.05, 4.69) is 29.0 Å². The van der Waals surface area contributed by atoms with E-state index in [4.69, 9.17) is 11.6 Å². The zero-order chi connectivity index (χ0) is 14.4. The van der Waals surface area contributed by atoms with Gasteiger partial charge in [0.1, 0.15) is 0 Å². The Morgan fingerprint density at radius 3 is 2.75 bits per heavy atom. The lowest BCUT2D eigenvalue weighted by Gasteiger charge is -2.18. The molecule has 0 radical (unpaired) electrons. The summed E-state index contributed by atoms with van der Waals surface area (Å²) in [5, 5.41) is 5.33. The minimum atomic E-state index is 0.747. The number of hydrogen-bond donors (Lipinski definition) is 1. The SMILES string of the molecule is CCN(CC)CCCNc1ccnc2ccc(Cl)cc12. The molecule has 4 heteroatoms. The van der Waals surface area contributed by atoms with Crippen molar-refractivity contribution in [2.75, 3.05) is 31.5 Å². The summed E-state index contributed by atoms with van der Waals surface area (Å²) in [6.07, 6.45) is 2.97. The number of halogens is 1. The molecule has 0 unspecified atom stereocenters. The number of nitrogens with zero attached hydrogens (tertiary/aromatic N) is 2. The van der Waals surface area contributed by atoms with Crippen molar-refractivity contribution in [1.29, 1.82) is 0 Å². The van der Waals surface area contributed by atoms with Gasteiger partial charge in [0, 0.05) is 28.8 Å². The van der Waals surface area contributed by atoms with Crippen LogP contribution in [0.3, 0.4) is 0 Å². The molecule has 0 aliphatic carbocycles. The first-order valence-corrected chi connectivity index (χ1v) is 7.63. The van der Waals surface area contributed by atoms with E-state index in [0.717, 1.165) is 54.2 Å². The zero-order valence-corrected chi connectivity index (χ0v) is 13.0. The Balaban J connectivity index is 1.98. The van der Waals surface area contributed by atoms with Crippen molar-refractivity contribution in [3.8, 4) is 0 Å². The number of aromatic nitrogens is 1. The van der Waals surface area contributed by atoms with Gasteiger partial charge in [0.05, 0.1) is 5.52 Å². The third-order valence-corrected chi connectivity index (χ3v) is 3.80. The van der Waals surface area contributed by atoms with Crippen LogP contribution in [0.1, 0.15) is 20.3 Å². The monoisotopic (exact) mass is 291 g/mol. The molecule has 1 aromatic carbocycles. The molecule has 2 aromatic rings. The predicted octanol–water partition coefficient (Wildman–Crippen LogP) is 4.03. The third kappa shape index (κ3) is 3.84. The van der Waals surface area contributed by atoms with Crippen LogP contribution in [0.2, 0.25) is 5.02 Å². The van der Waals surface area contributed by atoms with Gasteiger partial charge in [0.2, 0.25) is 0 Å². The van der Waals surface area contributed by atoms with Crippen LogP contribution in [0.4, 0.5) is 5.69 Å². The van der Waals surface area contributed by atoms with E-state index in [1.165, 1.54) is 0 Å². The number of hydrogen-bond acceptors (Lipinski definition) is 3. The smallest absolute Gasteiger partial charge is 0.0723 e. The van der Waals surface area contributed by atoms with Crippen molar-refractivity contribution in [3.63, 3.8) is 0 Å². The van der Waals surface area contributed by atoms with E-state index in [0.29, 0.717) is 0 Å². The van der Waals surface area contributed by atoms with E-state index < -0.39 is 0 Å². The van der Waals surface area contributed by atoms with Crippen LogP contribution in [0, 0.1) is 0 Å². The summed E-state index contributed by atoms with van der Waals surface area (Å²) in [7, 11) is 0. The highest BCUT2D eigenvalue weighted by molar-refractivity contribution is 6.31. The summed E-state index contributed by atoms with van der Waals surface area (Å²) < 4.78 is 0. The highest BCUT2D eigenvalue weighted by Crippen LogP contribution is 2.24. The summed E-state index contributed by atoms with van der Waals surface area (Å²) in [5.41, 5.74) is 2.08. The van der Waals surface area contributed by atoms with Gasteiger partial charge in [-0.3, -0.25) is 4.98 Å². The molecule has 0 atom stereocenters. The molecule has 1 heterocycles. The van der Waals surface area contributed by atoms with Crippen LogP contribution in [0.15, 0.2) is 30.5 Å². The van der Waals surface area contributed by atoms with E-state index in [1.807, 2.05) is 30.5 Å². The molecule has 108 valence electrons. The van der Waals surface area contributed by atoms with Gasteiger partial charge in [-0.15, -0.1) is 0 Å².